The van der Waals surface area contributed by atoms with Gasteiger partial charge in [0.1, 0.15) is 0 Å². The molecule has 0 aliphatic carbocycles. The molecule has 2 aromatic carbocycles. The average Bonchev–Trinajstić information content (AvgIpc) is 2.95. The third kappa shape index (κ3) is 3.48. The quantitative estimate of drug-likeness (QED) is 0.746. The molecule has 1 heterocycles. The second-order valence-electron chi connectivity index (χ2n) is 5.28. The standard InChI is InChI=1S/C18H20OSSe/c1-13(20-2)16-8-4-6-10-18(16)21-12-15-11-14-7-3-5-9-17(14)19-15/h3-10,13,15H,11-12H2,1-2H3/t13-,15?/m0/s1. The van der Waals surface area contributed by atoms with E-state index >= 15 is 0 Å². The van der Waals surface area contributed by atoms with Crippen molar-refractivity contribution in [1.82, 2.24) is 0 Å². The van der Waals surface area contributed by atoms with Crippen LogP contribution >= 0.6 is 11.8 Å². The van der Waals surface area contributed by atoms with Crippen molar-refractivity contribution < 1.29 is 4.74 Å². The number of rotatable bonds is 5. The van der Waals surface area contributed by atoms with Crippen molar-refractivity contribution >= 4 is 31.2 Å². The van der Waals surface area contributed by atoms with Gasteiger partial charge in [-0.1, -0.05) is 0 Å². The summed E-state index contributed by atoms with van der Waals surface area (Å²) < 4.78 is 7.60. The Hall–Kier alpha value is -0.891. The maximum absolute atomic E-state index is 6.07. The molecular weight excluding hydrogens is 343 g/mol. The number of benzene rings is 2. The molecule has 0 aromatic heterocycles. The van der Waals surface area contributed by atoms with Crippen LogP contribution in [0.3, 0.4) is 0 Å². The van der Waals surface area contributed by atoms with Crippen LogP contribution in [0.1, 0.15) is 23.3 Å². The van der Waals surface area contributed by atoms with Crippen molar-refractivity contribution in [3.8, 4) is 5.75 Å². The first-order valence-corrected chi connectivity index (χ1v) is 10.6. The van der Waals surface area contributed by atoms with Gasteiger partial charge in [-0.25, -0.2) is 0 Å². The molecule has 2 aromatic rings. The van der Waals surface area contributed by atoms with Gasteiger partial charge in [-0.3, -0.25) is 0 Å². The molecule has 0 bridgehead atoms. The van der Waals surface area contributed by atoms with Crippen LogP contribution in [0.5, 0.6) is 5.75 Å². The third-order valence-electron chi connectivity index (χ3n) is 3.85. The fourth-order valence-corrected chi connectivity index (χ4v) is 5.62. The van der Waals surface area contributed by atoms with Gasteiger partial charge in [-0.15, -0.1) is 0 Å². The molecule has 3 rings (SSSR count). The summed E-state index contributed by atoms with van der Waals surface area (Å²) in [6.07, 6.45) is 3.61. The summed E-state index contributed by atoms with van der Waals surface area (Å²) in [6.45, 7) is 2.29. The number of hydrogen-bond donors (Lipinski definition) is 0. The second kappa shape index (κ2) is 6.91. The van der Waals surface area contributed by atoms with Crippen molar-refractivity contribution in [2.45, 2.75) is 30.0 Å². The fraction of sp³-hybridized carbons (Fsp3) is 0.333. The number of ether oxygens (including phenoxy) is 1. The predicted octanol–water partition coefficient (Wildman–Crippen LogP) is 3.86. The molecule has 0 N–H and O–H groups in total. The van der Waals surface area contributed by atoms with E-state index in [0.717, 1.165) is 17.5 Å². The predicted molar refractivity (Wildman–Crippen MR) is 93.1 cm³/mol. The van der Waals surface area contributed by atoms with Crippen LogP contribution in [0.25, 0.3) is 0 Å². The molecule has 0 radical (unpaired) electrons. The second-order valence-corrected chi connectivity index (χ2v) is 8.68. The van der Waals surface area contributed by atoms with Crippen molar-refractivity contribution in [1.29, 1.82) is 0 Å². The molecule has 0 fully saturated rings. The van der Waals surface area contributed by atoms with Crippen LogP contribution < -0.4 is 9.20 Å². The van der Waals surface area contributed by atoms with Crippen molar-refractivity contribution in [3.63, 3.8) is 0 Å². The van der Waals surface area contributed by atoms with E-state index in [1.807, 2.05) is 11.8 Å². The van der Waals surface area contributed by atoms with Gasteiger partial charge in [0, 0.05) is 0 Å². The van der Waals surface area contributed by atoms with Crippen LogP contribution in [0.4, 0.5) is 0 Å². The molecule has 1 unspecified atom stereocenters. The molecule has 0 saturated carbocycles. The zero-order valence-corrected chi connectivity index (χ0v) is 14.9. The monoisotopic (exact) mass is 364 g/mol. The van der Waals surface area contributed by atoms with Crippen molar-refractivity contribution in [3.05, 3.63) is 59.7 Å². The van der Waals surface area contributed by atoms with Crippen LogP contribution in [0.2, 0.25) is 5.32 Å². The minimum absolute atomic E-state index is 0.361. The van der Waals surface area contributed by atoms with E-state index in [4.69, 9.17) is 4.74 Å². The Labute approximate surface area is 137 Å². The maximum atomic E-state index is 6.07. The Morgan fingerprint density at radius 1 is 1.19 bits per heavy atom. The average molecular weight is 363 g/mol. The topological polar surface area (TPSA) is 9.23 Å². The molecule has 0 spiro atoms. The van der Waals surface area contributed by atoms with Gasteiger partial charge in [0.2, 0.25) is 0 Å². The summed E-state index contributed by atoms with van der Waals surface area (Å²) in [7, 11) is 0. The van der Waals surface area contributed by atoms with Crippen LogP contribution in [-0.4, -0.2) is 27.3 Å². The number of hydrogen-bond acceptors (Lipinski definition) is 2. The summed E-state index contributed by atoms with van der Waals surface area (Å²) in [6, 6.07) is 17.3. The molecule has 0 saturated heterocycles. The Morgan fingerprint density at radius 3 is 2.76 bits per heavy atom. The van der Waals surface area contributed by atoms with Gasteiger partial charge in [0.15, 0.2) is 0 Å². The summed E-state index contributed by atoms with van der Waals surface area (Å²) >= 11 is 2.40. The first kappa shape index (κ1) is 15.0. The molecule has 0 amide bonds. The normalized spacial score (nSPS) is 18.1. The molecule has 3 heteroatoms. The number of fused-ring (bicyclic) bond motifs is 1. The first-order chi connectivity index (χ1) is 10.3. The van der Waals surface area contributed by atoms with Crippen LogP contribution in [0, 0.1) is 0 Å². The van der Waals surface area contributed by atoms with Gasteiger partial charge in [0.25, 0.3) is 0 Å². The van der Waals surface area contributed by atoms with Gasteiger partial charge in [-0.2, -0.15) is 0 Å². The molecule has 2 atom stereocenters. The first-order valence-electron chi connectivity index (χ1n) is 7.27. The van der Waals surface area contributed by atoms with E-state index in [9.17, 15) is 0 Å². The van der Waals surface area contributed by atoms with Gasteiger partial charge in [-0.05, 0) is 0 Å². The molecule has 21 heavy (non-hydrogen) atoms. The molecule has 1 nitrogen and oxygen atoms in total. The van der Waals surface area contributed by atoms with E-state index < -0.39 is 0 Å². The van der Waals surface area contributed by atoms with E-state index in [-0.39, 0.29) is 0 Å². The van der Waals surface area contributed by atoms with Crippen LogP contribution in [0.15, 0.2) is 48.5 Å². The SMILES string of the molecule is CS[C@@H](C)c1ccccc1[Se]CC1Cc2ccccc2O1. The Kier molecular flexibility index (Phi) is 4.95. The van der Waals surface area contributed by atoms with E-state index in [1.54, 1.807) is 0 Å². The third-order valence-corrected chi connectivity index (χ3v) is 7.37. The summed E-state index contributed by atoms with van der Waals surface area (Å²) in [5.74, 6) is 1.09. The zero-order chi connectivity index (χ0) is 14.7. The van der Waals surface area contributed by atoms with E-state index in [1.165, 1.54) is 15.6 Å². The van der Waals surface area contributed by atoms with Gasteiger partial charge < -0.3 is 0 Å². The van der Waals surface area contributed by atoms with Crippen molar-refractivity contribution in [2.24, 2.45) is 0 Å². The minimum atomic E-state index is 0.361. The van der Waals surface area contributed by atoms with Crippen molar-refractivity contribution in [2.75, 3.05) is 6.26 Å². The summed E-state index contributed by atoms with van der Waals surface area (Å²) in [4.78, 5) is 0. The molecule has 1 aliphatic rings. The Balaban J connectivity index is 1.65. The number of thioether (sulfide) groups is 1. The Morgan fingerprint density at radius 2 is 1.95 bits per heavy atom. The van der Waals surface area contributed by atoms with E-state index in [2.05, 4.69) is 61.7 Å². The molecule has 1 aliphatic heterocycles. The van der Waals surface area contributed by atoms with Gasteiger partial charge in [0.05, 0.1) is 0 Å². The van der Waals surface area contributed by atoms with E-state index in [0.29, 0.717) is 26.3 Å². The van der Waals surface area contributed by atoms with Gasteiger partial charge >= 0.3 is 138 Å². The Bertz CT molecular complexity index is 589. The summed E-state index contributed by atoms with van der Waals surface area (Å²) in [5.41, 5.74) is 2.87. The summed E-state index contributed by atoms with van der Waals surface area (Å²) in [5, 5.41) is 1.73. The van der Waals surface area contributed by atoms with Crippen LogP contribution in [-0.2, 0) is 6.42 Å². The molecule has 110 valence electrons. The zero-order valence-electron chi connectivity index (χ0n) is 12.4. The number of para-hydroxylation sites is 1. The molecular formula is C18H20OSSe. The fourth-order valence-electron chi connectivity index (χ4n) is 2.60.